The molecule has 0 amide bonds. The number of nitrogens with zero attached hydrogens (tertiary/aromatic N) is 1. The van der Waals surface area contributed by atoms with Crippen molar-refractivity contribution in [3.8, 4) is 16.8 Å². The van der Waals surface area contributed by atoms with E-state index in [0.29, 0.717) is 0 Å². The smallest absolute Gasteiger partial charge is 0.166 e. The van der Waals surface area contributed by atoms with Crippen molar-refractivity contribution >= 4 is 39.5 Å². The van der Waals surface area contributed by atoms with Gasteiger partial charge in [-0.25, -0.2) is 0 Å². The molecule has 0 N–H and O–H groups in total. The van der Waals surface area contributed by atoms with Crippen molar-refractivity contribution in [2.24, 2.45) is 0 Å². The van der Waals surface area contributed by atoms with Gasteiger partial charge in [-0.15, -0.1) is 11.3 Å². The molecule has 0 radical (unpaired) electrons. The van der Waals surface area contributed by atoms with Crippen molar-refractivity contribution in [1.82, 2.24) is 4.57 Å². The zero-order valence-corrected chi connectivity index (χ0v) is 15.0. The van der Waals surface area contributed by atoms with Crippen LogP contribution >= 0.6 is 39.5 Å². The lowest BCUT2D eigenvalue weighted by Crippen LogP contribution is -2.01. The maximum Gasteiger partial charge on any atom is 0.166 e. The van der Waals surface area contributed by atoms with Gasteiger partial charge in [0.25, 0.3) is 0 Å². The van der Waals surface area contributed by atoms with E-state index < -0.39 is 0 Å². The second kappa shape index (κ2) is 5.87. The summed E-state index contributed by atoms with van der Waals surface area (Å²) in [6.45, 7) is 4.24. The quantitative estimate of drug-likeness (QED) is 0.474. The van der Waals surface area contributed by atoms with Crippen LogP contribution in [0.15, 0.2) is 53.0 Å². The Bertz CT molecular complexity index is 847. The Labute approximate surface area is 142 Å². The molecule has 0 fully saturated rings. The number of benzene rings is 2. The van der Waals surface area contributed by atoms with Crippen LogP contribution in [0.3, 0.4) is 0 Å². The summed E-state index contributed by atoms with van der Waals surface area (Å²) in [6.07, 6.45) is 0. The Balaban J connectivity index is 2.36. The molecule has 21 heavy (non-hydrogen) atoms. The molecule has 0 atom stereocenters. The van der Waals surface area contributed by atoms with Gasteiger partial charge in [-0.3, -0.25) is 4.57 Å². The lowest BCUT2D eigenvalue weighted by molar-refractivity contribution is 0.990. The van der Waals surface area contributed by atoms with E-state index in [1.807, 2.05) is 6.07 Å². The predicted octanol–water partition coefficient (Wildman–Crippen LogP) is 6.31. The van der Waals surface area contributed by atoms with Crippen molar-refractivity contribution in [3.63, 3.8) is 0 Å². The maximum atomic E-state index is 5.57. The molecule has 0 spiro atoms. The summed E-state index contributed by atoms with van der Waals surface area (Å²) in [5.41, 5.74) is 4.70. The van der Waals surface area contributed by atoms with Crippen LogP contribution in [-0.4, -0.2) is 4.57 Å². The monoisotopic (exact) mass is 375 g/mol. The highest BCUT2D eigenvalue weighted by Crippen LogP contribution is 2.35. The Kier molecular flexibility index (Phi) is 4.11. The van der Waals surface area contributed by atoms with Crippen LogP contribution in [0.1, 0.15) is 10.6 Å². The Morgan fingerprint density at radius 1 is 1.00 bits per heavy atom. The van der Waals surface area contributed by atoms with Gasteiger partial charge in [0.2, 0.25) is 0 Å². The zero-order valence-electron chi connectivity index (χ0n) is 11.8. The number of para-hydroxylation sites is 1. The van der Waals surface area contributed by atoms with Crippen molar-refractivity contribution in [2.45, 2.75) is 13.8 Å². The first-order valence-electron chi connectivity index (χ1n) is 6.63. The number of halogens is 1. The molecule has 0 aliphatic heterocycles. The Hall–Kier alpha value is -1.23. The average Bonchev–Trinajstić information content (AvgIpc) is 2.73. The molecular weight excluding hydrogens is 362 g/mol. The summed E-state index contributed by atoms with van der Waals surface area (Å²) in [7, 11) is 0. The molecule has 0 aliphatic rings. The van der Waals surface area contributed by atoms with Crippen molar-refractivity contribution in [2.75, 3.05) is 0 Å². The predicted molar refractivity (Wildman–Crippen MR) is 97.1 cm³/mol. The highest BCUT2D eigenvalue weighted by Gasteiger charge is 2.15. The van der Waals surface area contributed by atoms with E-state index in [-0.39, 0.29) is 0 Å². The number of aromatic nitrogens is 1. The largest absolute Gasteiger partial charge is 0.294 e. The maximum absolute atomic E-state index is 5.57. The van der Waals surface area contributed by atoms with Gasteiger partial charge in [-0.2, -0.15) is 0 Å². The minimum absolute atomic E-state index is 0.883. The molecule has 0 bridgehead atoms. The fourth-order valence-corrected chi connectivity index (χ4v) is 4.36. The van der Waals surface area contributed by atoms with Crippen molar-refractivity contribution in [3.05, 3.63) is 67.5 Å². The van der Waals surface area contributed by atoms with Gasteiger partial charge in [0.1, 0.15) is 0 Å². The summed E-state index contributed by atoms with van der Waals surface area (Å²) in [5, 5.41) is 0. The van der Waals surface area contributed by atoms with E-state index >= 15 is 0 Å². The second-order valence-corrected chi connectivity index (χ2v) is 7.55. The zero-order chi connectivity index (χ0) is 15.0. The minimum atomic E-state index is 0.883. The standard InChI is InChI=1S/C17H14BrNS2/c1-11-12(2)21-17(20)19(11)16-14(9-6-10-15(16)18)13-7-4-3-5-8-13/h3-10H,1-2H3. The minimum Gasteiger partial charge on any atom is -0.294 e. The molecule has 0 aliphatic carbocycles. The first-order chi connectivity index (χ1) is 10.1. The third kappa shape index (κ3) is 2.63. The van der Waals surface area contributed by atoms with Crippen LogP contribution < -0.4 is 0 Å². The normalized spacial score (nSPS) is 10.8. The molecule has 106 valence electrons. The van der Waals surface area contributed by atoms with Gasteiger partial charge in [0.05, 0.1) is 5.69 Å². The molecule has 1 heterocycles. The van der Waals surface area contributed by atoms with Crippen LogP contribution in [0, 0.1) is 17.8 Å². The van der Waals surface area contributed by atoms with Crippen molar-refractivity contribution < 1.29 is 0 Å². The molecule has 0 saturated carbocycles. The average molecular weight is 376 g/mol. The van der Waals surface area contributed by atoms with Crippen LogP contribution in [0.2, 0.25) is 0 Å². The molecular formula is C17H14BrNS2. The van der Waals surface area contributed by atoms with Gasteiger partial charge in [0, 0.05) is 20.6 Å². The number of hydrogen-bond donors (Lipinski definition) is 0. The van der Waals surface area contributed by atoms with Crippen LogP contribution in [0.25, 0.3) is 16.8 Å². The lowest BCUT2D eigenvalue weighted by atomic mass is 10.0. The third-order valence-electron chi connectivity index (χ3n) is 3.56. The van der Waals surface area contributed by atoms with E-state index in [1.54, 1.807) is 11.3 Å². The van der Waals surface area contributed by atoms with Gasteiger partial charge < -0.3 is 0 Å². The highest BCUT2D eigenvalue weighted by atomic mass is 79.9. The number of aryl methyl sites for hydroxylation is 1. The van der Waals surface area contributed by atoms with Gasteiger partial charge in [-0.1, -0.05) is 42.5 Å². The summed E-state index contributed by atoms with van der Waals surface area (Å²) in [4.78, 5) is 1.26. The van der Waals surface area contributed by atoms with Gasteiger partial charge in [-0.05, 0) is 53.6 Å². The molecule has 1 nitrogen and oxygen atoms in total. The Morgan fingerprint density at radius 2 is 1.71 bits per heavy atom. The van der Waals surface area contributed by atoms with Crippen LogP contribution in [0.4, 0.5) is 0 Å². The van der Waals surface area contributed by atoms with Crippen LogP contribution in [0.5, 0.6) is 0 Å². The topological polar surface area (TPSA) is 4.93 Å². The summed E-state index contributed by atoms with van der Waals surface area (Å²) in [5.74, 6) is 0. The summed E-state index contributed by atoms with van der Waals surface area (Å²) < 4.78 is 4.11. The lowest BCUT2D eigenvalue weighted by Gasteiger charge is -2.15. The first kappa shape index (κ1) is 14.7. The first-order valence-corrected chi connectivity index (χ1v) is 8.64. The molecule has 2 aromatic carbocycles. The second-order valence-electron chi connectivity index (χ2n) is 4.85. The summed E-state index contributed by atoms with van der Waals surface area (Å²) in [6, 6.07) is 16.7. The summed E-state index contributed by atoms with van der Waals surface area (Å²) >= 11 is 10.9. The van der Waals surface area contributed by atoms with E-state index in [4.69, 9.17) is 12.2 Å². The Morgan fingerprint density at radius 3 is 2.33 bits per heavy atom. The number of thiazole rings is 1. The van der Waals surface area contributed by atoms with E-state index in [1.165, 1.54) is 21.7 Å². The SMILES string of the molecule is Cc1sc(=S)n(-c2c(Br)cccc2-c2ccccc2)c1C. The van der Waals surface area contributed by atoms with E-state index in [2.05, 4.69) is 76.8 Å². The molecule has 0 saturated heterocycles. The van der Waals surface area contributed by atoms with Crippen molar-refractivity contribution in [1.29, 1.82) is 0 Å². The molecule has 1 aromatic heterocycles. The molecule has 3 aromatic rings. The number of hydrogen-bond acceptors (Lipinski definition) is 2. The fraction of sp³-hybridized carbons (Fsp3) is 0.118. The molecule has 4 heteroatoms. The fourth-order valence-electron chi connectivity index (χ4n) is 2.40. The van der Waals surface area contributed by atoms with E-state index in [0.717, 1.165) is 14.1 Å². The molecule has 3 rings (SSSR count). The molecule has 0 unspecified atom stereocenters. The number of rotatable bonds is 2. The van der Waals surface area contributed by atoms with Gasteiger partial charge >= 0.3 is 0 Å². The van der Waals surface area contributed by atoms with E-state index in [9.17, 15) is 0 Å². The van der Waals surface area contributed by atoms with Crippen LogP contribution in [-0.2, 0) is 0 Å². The van der Waals surface area contributed by atoms with Gasteiger partial charge in [0.15, 0.2) is 3.95 Å². The highest BCUT2D eigenvalue weighted by molar-refractivity contribution is 9.10. The third-order valence-corrected chi connectivity index (χ3v) is 5.59.